The van der Waals surface area contributed by atoms with Crippen LogP contribution in [-0.4, -0.2) is 55.9 Å². The predicted molar refractivity (Wildman–Crippen MR) is 127 cm³/mol. The predicted octanol–water partition coefficient (Wildman–Crippen LogP) is 2.60. The molecule has 36 heavy (non-hydrogen) atoms. The van der Waals surface area contributed by atoms with Gasteiger partial charge in [-0.3, -0.25) is 0 Å². The lowest BCUT2D eigenvalue weighted by Gasteiger charge is -2.32. The number of aliphatic hydroxyl groups excluding tert-OH is 1. The standard InChI is InChI=1S/C24H27ClFN6O4/c1-11(2)32-17-6-12(5-15(26)19(17)31(10-27)22(32)24(3,4)34)18-14(25)8-28-23(30-18)29-16-7-13-9-35-21(36-13)20(16)33/h5-6,8,11,13,16,20-21,33-34H,7,9H2,1-4H3,(H,28,29,30)/q+1/t13-,16?,20-,21+/m0/s1. The molecule has 3 N–H and O–H groups in total. The van der Waals surface area contributed by atoms with Gasteiger partial charge in [0.1, 0.15) is 6.10 Å². The van der Waals surface area contributed by atoms with Crippen LogP contribution in [0.1, 0.15) is 46.0 Å². The molecule has 1 aromatic carbocycles. The fourth-order valence-electron chi connectivity index (χ4n) is 4.98. The Morgan fingerprint density at radius 2 is 2.14 bits per heavy atom. The second kappa shape index (κ2) is 8.90. The molecule has 0 saturated carbocycles. The van der Waals surface area contributed by atoms with E-state index in [4.69, 9.17) is 21.1 Å². The van der Waals surface area contributed by atoms with Crippen molar-refractivity contribution in [1.82, 2.24) is 14.5 Å². The number of anilines is 1. The van der Waals surface area contributed by atoms with Crippen LogP contribution in [0.15, 0.2) is 18.3 Å². The number of nitriles is 1. The van der Waals surface area contributed by atoms with Gasteiger partial charge in [-0.2, -0.15) is 0 Å². The minimum Gasteiger partial charge on any atom is -0.386 e. The van der Waals surface area contributed by atoms with Gasteiger partial charge in [-0.25, -0.2) is 18.9 Å². The number of nitrogens with one attached hydrogen (secondary N) is 1. The van der Waals surface area contributed by atoms with E-state index in [9.17, 15) is 15.5 Å². The second-order valence-electron chi connectivity index (χ2n) is 9.93. The molecule has 2 fully saturated rings. The first kappa shape index (κ1) is 24.8. The molecule has 1 unspecified atom stereocenters. The third-order valence-corrected chi connectivity index (χ3v) is 6.72. The third kappa shape index (κ3) is 4.09. The molecule has 2 aliphatic rings. The van der Waals surface area contributed by atoms with E-state index in [1.54, 1.807) is 24.5 Å². The van der Waals surface area contributed by atoms with E-state index in [1.165, 1.54) is 12.3 Å². The van der Waals surface area contributed by atoms with Gasteiger partial charge in [-0.05, 0) is 46.2 Å². The van der Waals surface area contributed by atoms with E-state index in [0.29, 0.717) is 24.1 Å². The summed E-state index contributed by atoms with van der Waals surface area (Å²) in [6.45, 7) is 7.28. The Kier molecular flexibility index (Phi) is 6.13. The van der Waals surface area contributed by atoms with Crippen molar-refractivity contribution in [3.05, 3.63) is 35.0 Å². The Morgan fingerprint density at radius 3 is 2.81 bits per heavy atom. The maximum absolute atomic E-state index is 15.5. The summed E-state index contributed by atoms with van der Waals surface area (Å²) in [5, 5.41) is 34.5. The van der Waals surface area contributed by atoms with Gasteiger partial charge >= 0.3 is 5.82 Å². The quantitative estimate of drug-likeness (QED) is 0.440. The zero-order chi connectivity index (χ0) is 25.9. The molecule has 0 spiro atoms. The van der Waals surface area contributed by atoms with Gasteiger partial charge < -0.3 is 25.0 Å². The Labute approximate surface area is 211 Å². The van der Waals surface area contributed by atoms with Crippen LogP contribution < -0.4 is 9.88 Å². The summed E-state index contributed by atoms with van der Waals surface area (Å²) in [7, 11) is 0. The molecule has 0 amide bonds. The molecule has 4 atom stereocenters. The molecule has 4 heterocycles. The number of fused-ring (bicyclic) bond motifs is 3. The molecule has 0 aliphatic carbocycles. The molecule has 190 valence electrons. The highest BCUT2D eigenvalue weighted by atomic mass is 35.5. The van der Waals surface area contributed by atoms with Crippen molar-refractivity contribution in [2.75, 3.05) is 11.9 Å². The Balaban J connectivity index is 1.61. The zero-order valence-corrected chi connectivity index (χ0v) is 21.0. The lowest BCUT2D eigenvalue weighted by atomic mass is 10.0. The summed E-state index contributed by atoms with van der Waals surface area (Å²) in [6, 6.07) is 2.36. The molecule has 2 saturated heterocycles. The molecule has 5 rings (SSSR count). The first-order valence-electron chi connectivity index (χ1n) is 11.7. The number of rotatable bonds is 5. The van der Waals surface area contributed by atoms with Crippen LogP contribution in [0.3, 0.4) is 0 Å². The summed E-state index contributed by atoms with van der Waals surface area (Å²) in [6.07, 6.45) is 2.17. The van der Waals surface area contributed by atoms with Gasteiger partial charge in [0.25, 0.3) is 6.19 Å². The number of hydrogen-bond acceptors (Lipinski definition) is 8. The zero-order valence-electron chi connectivity index (χ0n) is 20.2. The van der Waals surface area contributed by atoms with Crippen LogP contribution in [0.5, 0.6) is 0 Å². The normalized spacial score (nSPS) is 23.9. The average molecular weight is 518 g/mol. The number of hydrogen-bond donors (Lipinski definition) is 3. The van der Waals surface area contributed by atoms with Gasteiger partial charge in [0.15, 0.2) is 23.2 Å². The number of aliphatic hydroxyl groups is 2. The Morgan fingerprint density at radius 1 is 1.39 bits per heavy atom. The maximum Gasteiger partial charge on any atom is 0.304 e. The number of nitrogens with zero attached hydrogens (tertiary/aromatic N) is 5. The highest BCUT2D eigenvalue weighted by Gasteiger charge is 2.44. The minimum atomic E-state index is -1.41. The van der Waals surface area contributed by atoms with Gasteiger partial charge in [0.05, 0.1) is 41.7 Å². The maximum atomic E-state index is 15.5. The number of halogens is 2. The lowest BCUT2D eigenvalue weighted by Crippen LogP contribution is -2.48. The second-order valence-corrected chi connectivity index (χ2v) is 10.3. The Bertz CT molecular complexity index is 1380. The van der Waals surface area contributed by atoms with Gasteiger partial charge in [-0.1, -0.05) is 11.6 Å². The summed E-state index contributed by atoms with van der Waals surface area (Å²) in [4.78, 5) is 8.75. The van der Waals surface area contributed by atoms with Crippen LogP contribution in [0, 0.1) is 17.3 Å². The van der Waals surface area contributed by atoms with Crippen molar-refractivity contribution in [1.29, 1.82) is 5.26 Å². The third-order valence-electron chi connectivity index (χ3n) is 6.44. The van der Waals surface area contributed by atoms with Crippen molar-refractivity contribution in [3.8, 4) is 17.5 Å². The van der Waals surface area contributed by atoms with Crippen LogP contribution in [-0.2, 0) is 15.1 Å². The fraction of sp³-hybridized carbons (Fsp3) is 0.500. The van der Waals surface area contributed by atoms with Crippen LogP contribution in [0.4, 0.5) is 10.3 Å². The summed E-state index contributed by atoms with van der Waals surface area (Å²) in [5.74, 6) is -0.192. The molecule has 10 nitrogen and oxygen atoms in total. The van der Waals surface area contributed by atoms with Crippen molar-refractivity contribution in [2.45, 2.75) is 70.3 Å². The van der Waals surface area contributed by atoms with E-state index >= 15 is 4.39 Å². The topological polar surface area (TPSA) is 129 Å². The van der Waals surface area contributed by atoms with Gasteiger partial charge in [0.2, 0.25) is 11.5 Å². The first-order valence-corrected chi connectivity index (χ1v) is 12.0. The fourth-order valence-corrected chi connectivity index (χ4v) is 5.18. The first-order chi connectivity index (χ1) is 17.0. The number of benzene rings is 1. The molecular weight excluding hydrogens is 491 g/mol. The highest BCUT2D eigenvalue weighted by molar-refractivity contribution is 6.33. The number of aromatic nitrogens is 4. The van der Waals surface area contributed by atoms with Crippen molar-refractivity contribution in [2.24, 2.45) is 0 Å². The average Bonchev–Trinajstić information content (AvgIpc) is 3.38. The molecule has 12 heteroatoms. The molecular formula is C24H27ClFN6O4+. The highest BCUT2D eigenvalue weighted by Crippen LogP contribution is 2.34. The lowest BCUT2D eigenvalue weighted by molar-refractivity contribution is -0.705. The number of ether oxygens (including phenoxy) is 2. The molecule has 2 aromatic heterocycles. The molecule has 0 radical (unpaired) electrons. The van der Waals surface area contributed by atoms with Gasteiger partial charge in [-0.15, -0.1) is 9.83 Å². The van der Waals surface area contributed by atoms with Crippen molar-refractivity contribution in [3.63, 3.8) is 0 Å². The summed E-state index contributed by atoms with van der Waals surface area (Å²) >= 11 is 6.43. The summed E-state index contributed by atoms with van der Waals surface area (Å²) < 4.78 is 29.4. The largest absolute Gasteiger partial charge is 0.386 e. The SMILES string of the molecule is CC(C)[n+]1c(C(C)(C)O)n(C#N)c2c(F)cc(-c3nc(NC4C[C@H]5CO[C@H](O5)[C@H]4O)ncc3Cl)cc21. The molecule has 3 aromatic rings. The van der Waals surface area contributed by atoms with Crippen LogP contribution in [0.2, 0.25) is 5.02 Å². The minimum absolute atomic E-state index is 0.0522. The van der Waals surface area contributed by atoms with E-state index in [-0.39, 0.29) is 40.2 Å². The monoisotopic (exact) mass is 517 g/mol. The van der Waals surface area contributed by atoms with Crippen molar-refractivity contribution < 1.29 is 28.6 Å². The van der Waals surface area contributed by atoms with Gasteiger partial charge in [0, 0.05) is 5.56 Å². The van der Waals surface area contributed by atoms with E-state index in [2.05, 4.69) is 15.3 Å². The summed E-state index contributed by atoms with van der Waals surface area (Å²) in [5.41, 5.74) is -0.297. The van der Waals surface area contributed by atoms with Crippen LogP contribution in [0.25, 0.3) is 22.3 Å². The van der Waals surface area contributed by atoms with E-state index < -0.39 is 29.9 Å². The van der Waals surface area contributed by atoms with Crippen molar-refractivity contribution >= 4 is 28.6 Å². The van der Waals surface area contributed by atoms with E-state index in [1.807, 2.05) is 20.0 Å². The smallest absolute Gasteiger partial charge is 0.304 e. The number of imidazole rings is 1. The molecule has 2 bridgehead atoms. The van der Waals surface area contributed by atoms with Crippen LogP contribution >= 0.6 is 11.6 Å². The Hall–Kier alpha value is -2.88. The molecule has 2 aliphatic heterocycles. The van der Waals surface area contributed by atoms with E-state index in [0.717, 1.165) is 4.57 Å².